The number of hydrogen-bond donors (Lipinski definition) is 2. The molecule has 0 aliphatic carbocycles. The summed E-state index contributed by atoms with van der Waals surface area (Å²) >= 11 is 6.28. The summed E-state index contributed by atoms with van der Waals surface area (Å²) in [7, 11) is 0. The number of aromatic nitrogens is 1. The zero-order valence-electron chi connectivity index (χ0n) is 25.2. The molecule has 1 aliphatic rings. The fourth-order valence-corrected chi connectivity index (χ4v) is 5.99. The molecule has 4 rings (SSSR count). The minimum Gasteiger partial charge on any atom is -0.481 e. The number of amides is 1. The average molecular weight is 632 g/mol. The first-order valence-corrected chi connectivity index (χ1v) is 15.0. The minimum atomic E-state index is -1.33. The normalized spacial score (nSPS) is 15.2. The predicted octanol–water partition coefficient (Wildman–Crippen LogP) is 6.18. The van der Waals surface area contributed by atoms with Crippen LogP contribution in [0.15, 0.2) is 47.4 Å². The van der Waals surface area contributed by atoms with Crippen molar-refractivity contribution in [2.45, 2.75) is 65.2 Å². The molecule has 2 atom stereocenters. The van der Waals surface area contributed by atoms with E-state index in [0.29, 0.717) is 48.3 Å². The number of benzene rings is 2. The highest BCUT2D eigenvalue weighted by Gasteiger charge is 2.30. The molecule has 0 bridgehead atoms. The van der Waals surface area contributed by atoms with Gasteiger partial charge in [0.1, 0.15) is 23.8 Å². The number of carbonyl (C=O) groups is 2. The molecule has 2 heterocycles. The predicted molar refractivity (Wildman–Crippen MR) is 164 cm³/mol. The molecule has 7 nitrogen and oxygen atoms in total. The first-order valence-electron chi connectivity index (χ1n) is 14.6. The van der Waals surface area contributed by atoms with Gasteiger partial charge < -0.3 is 15.0 Å². The maximum atomic E-state index is 15.6. The number of nitrogens with zero attached hydrogens (tertiary/aromatic N) is 2. The molecule has 0 saturated carbocycles. The Labute approximate surface area is 259 Å². The van der Waals surface area contributed by atoms with Gasteiger partial charge in [0.25, 0.3) is 5.56 Å². The topological polar surface area (TPSA) is 91.6 Å². The van der Waals surface area contributed by atoms with Crippen LogP contribution in [-0.4, -0.2) is 52.3 Å². The number of aliphatic carboxylic acids is 1. The van der Waals surface area contributed by atoms with Gasteiger partial charge in [0, 0.05) is 37.5 Å². The Morgan fingerprint density at radius 2 is 1.75 bits per heavy atom. The highest BCUT2D eigenvalue weighted by molar-refractivity contribution is 6.31. The van der Waals surface area contributed by atoms with Crippen LogP contribution in [0, 0.1) is 31.4 Å². The lowest BCUT2D eigenvalue weighted by atomic mass is 9.92. The van der Waals surface area contributed by atoms with Crippen LogP contribution < -0.4 is 10.9 Å². The van der Waals surface area contributed by atoms with Gasteiger partial charge in [-0.1, -0.05) is 31.5 Å². The number of nitrogens with one attached hydrogen (secondary N) is 1. The van der Waals surface area contributed by atoms with Crippen molar-refractivity contribution < 1.29 is 27.9 Å². The van der Waals surface area contributed by atoms with E-state index < -0.39 is 53.7 Å². The maximum absolute atomic E-state index is 15.6. The fraction of sp³-hybridized carbons (Fsp3) is 0.424. The van der Waals surface area contributed by atoms with Gasteiger partial charge in [-0.3, -0.25) is 19.3 Å². The van der Waals surface area contributed by atoms with Crippen molar-refractivity contribution in [3.63, 3.8) is 0 Å². The Balaban J connectivity index is 1.69. The van der Waals surface area contributed by atoms with E-state index in [1.807, 2.05) is 18.7 Å². The number of carbonyl (C=O) groups excluding carboxylic acids is 1. The van der Waals surface area contributed by atoms with Crippen molar-refractivity contribution >= 4 is 23.5 Å². The van der Waals surface area contributed by atoms with Crippen molar-refractivity contribution in [1.29, 1.82) is 0 Å². The lowest BCUT2D eigenvalue weighted by Gasteiger charge is -2.34. The third kappa shape index (κ3) is 7.90. The fourth-order valence-electron chi connectivity index (χ4n) is 5.77. The summed E-state index contributed by atoms with van der Waals surface area (Å²) in [4.78, 5) is 40.7. The summed E-state index contributed by atoms with van der Waals surface area (Å²) in [5.41, 5.74) is 2.42. The van der Waals surface area contributed by atoms with E-state index in [-0.39, 0.29) is 22.9 Å². The maximum Gasteiger partial charge on any atom is 0.305 e. The number of halogens is 4. The van der Waals surface area contributed by atoms with E-state index in [9.17, 15) is 28.3 Å². The molecule has 236 valence electrons. The van der Waals surface area contributed by atoms with Crippen LogP contribution >= 0.6 is 11.6 Å². The van der Waals surface area contributed by atoms with Gasteiger partial charge in [-0.15, -0.1) is 0 Å². The summed E-state index contributed by atoms with van der Waals surface area (Å²) in [5.74, 6) is -3.28. The highest BCUT2D eigenvalue weighted by Crippen LogP contribution is 2.36. The summed E-state index contributed by atoms with van der Waals surface area (Å²) in [6.07, 6.45) is 0.918. The molecule has 0 radical (unpaired) electrons. The molecule has 1 unspecified atom stereocenters. The molecular weight excluding hydrogens is 595 g/mol. The number of rotatable bonds is 12. The van der Waals surface area contributed by atoms with Crippen LogP contribution in [0.3, 0.4) is 0 Å². The first kappa shape index (κ1) is 33.3. The molecule has 1 amide bonds. The molecule has 1 fully saturated rings. The standard InChI is InChI=1S/C33H37ClF3N3O4/c1-18(2)9-28(40-15-21(5-6-29(40)41)7-8-39-16-24(36)17-39)33(44)38-27(14-30(42)43)25-12-22(13-26(34)32(25)37)31-19(3)10-23(35)11-20(31)4/h5-6,10-13,15,18,24,27-28H,7-9,14,16-17H2,1-4H3,(H,38,44)(H,42,43)/t27-,28?/m0/s1. The van der Waals surface area contributed by atoms with Crippen molar-refractivity contribution in [3.05, 3.63) is 91.9 Å². The minimum absolute atomic E-state index is 0.0271. The second-order valence-corrected chi connectivity index (χ2v) is 12.4. The lowest BCUT2D eigenvalue weighted by molar-refractivity contribution is -0.138. The van der Waals surface area contributed by atoms with Gasteiger partial charge in [-0.25, -0.2) is 13.2 Å². The van der Waals surface area contributed by atoms with E-state index >= 15 is 4.39 Å². The SMILES string of the molecule is Cc1cc(F)cc(C)c1-c1cc(Cl)c(F)c([C@H](CC(=O)O)NC(=O)C(CC(C)C)n2cc(CCN3CC(F)C3)ccc2=O)c1. The number of pyridine rings is 1. The van der Waals surface area contributed by atoms with Crippen LogP contribution in [0.2, 0.25) is 5.02 Å². The van der Waals surface area contributed by atoms with Crippen molar-refractivity contribution in [1.82, 2.24) is 14.8 Å². The number of alkyl halides is 1. The average Bonchev–Trinajstić information content (AvgIpc) is 2.90. The van der Waals surface area contributed by atoms with E-state index in [0.717, 1.165) is 5.56 Å². The van der Waals surface area contributed by atoms with E-state index in [4.69, 9.17) is 11.6 Å². The Hall–Kier alpha value is -3.63. The van der Waals surface area contributed by atoms with Crippen LogP contribution in [0.4, 0.5) is 13.2 Å². The third-order valence-corrected chi connectivity index (χ3v) is 8.15. The second-order valence-electron chi connectivity index (χ2n) is 12.0. The van der Waals surface area contributed by atoms with Gasteiger partial charge in [0.15, 0.2) is 0 Å². The van der Waals surface area contributed by atoms with E-state index in [2.05, 4.69) is 5.32 Å². The van der Waals surface area contributed by atoms with Gasteiger partial charge in [-0.2, -0.15) is 0 Å². The summed E-state index contributed by atoms with van der Waals surface area (Å²) in [5, 5.41) is 12.1. The lowest BCUT2D eigenvalue weighted by Crippen LogP contribution is -2.49. The Morgan fingerprint density at radius 3 is 2.34 bits per heavy atom. The molecule has 0 spiro atoms. The molecule has 2 N–H and O–H groups in total. The van der Waals surface area contributed by atoms with Crippen molar-refractivity contribution in [3.8, 4) is 11.1 Å². The molecule has 11 heteroatoms. The van der Waals surface area contributed by atoms with E-state index in [1.165, 1.54) is 34.9 Å². The summed E-state index contributed by atoms with van der Waals surface area (Å²) in [6, 6.07) is 6.17. The van der Waals surface area contributed by atoms with Crippen molar-refractivity contribution in [2.24, 2.45) is 5.92 Å². The number of carboxylic acids is 1. The molecule has 1 aromatic heterocycles. The number of likely N-dealkylation sites (tertiary alicyclic amines) is 1. The first-order chi connectivity index (χ1) is 20.7. The van der Waals surface area contributed by atoms with Crippen LogP contribution in [-0.2, 0) is 16.0 Å². The summed E-state index contributed by atoms with van der Waals surface area (Å²) < 4.78 is 44.1. The van der Waals surface area contributed by atoms with Crippen LogP contribution in [0.25, 0.3) is 11.1 Å². The number of hydrogen-bond acceptors (Lipinski definition) is 4. The molecule has 1 aliphatic heterocycles. The highest BCUT2D eigenvalue weighted by atomic mass is 35.5. The molecule has 2 aromatic carbocycles. The van der Waals surface area contributed by atoms with Gasteiger partial charge in [0.05, 0.1) is 17.5 Å². The Morgan fingerprint density at radius 1 is 1.09 bits per heavy atom. The zero-order valence-corrected chi connectivity index (χ0v) is 25.9. The van der Waals surface area contributed by atoms with Gasteiger partial charge >= 0.3 is 5.97 Å². The molecule has 3 aromatic rings. The Bertz CT molecular complexity index is 1580. The van der Waals surface area contributed by atoms with Gasteiger partial charge in [0.2, 0.25) is 5.91 Å². The second kappa shape index (κ2) is 14.0. The smallest absolute Gasteiger partial charge is 0.305 e. The Kier molecular flexibility index (Phi) is 10.6. The van der Waals surface area contributed by atoms with Crippen LogP contribution in [0.1, 0.15) is 61.0 Å². The molecule has 44 heavy (non-hydrogen) atoms. The van der Waals surface area contributed by atoms with Crippen molar-refractivity contribution in [2.75, 3.05) is 19.6 Å². The van der Waals surface area contributed by atoms with E-state index in [1.54, 1.807) is 26.1 Å². The molecular formula is C33H37ClF3N3O4. The number of aryl methyl sites for hydroxylation is 2. The summed E-state index contributed by atoms with van der Waals surface area (Å²) in [6.45, 7) is 8.50. The quantitative estimate of drug-likeness (QED) is 0.249. The zero-order chi connectivity index (χ0) is 32.3. The monoisotopic (exact) mass is 631 g/mol. The number of carboxylic acid groups (broad SMARTS) is 1. The van der Waals surface area contributed by atoms with Crippen LogP contribution in [0.5, 0.6) is 0 Å². The molecule has 1 saturated heterocycles. The van der Waals surface area contributed by atoms with Gasteiger partial charge in [-0.05, 0) is 84.7 Å². The largest absolute Gasteiger partial charge is 0.481 e. The third-order valence-electron chi connectivity index (χ3n) is 7.87.